The van der Waals surface area contributed by atoms with Crippen LogP contribution >= 0.6 is 0 Å². The van der Waals surface area contributed by atoms with Crippen LogP contribution in [0.3, 0.4) is 0 Å². The van der Waals surface area contributed by atoms with Gasteiger partial charge in [0.25, 0.3) is 0 Å². The summed E-state index contributed by atoms with van der Waals surface area (Å²) >= 11 is 0. The molecular formula is C15H22N2. The van der Waals surface area contributed by atoms with Gasteiger partial charge in [-0.2, -0.15) is 0 Å². The zero-order chi connectivity index (χ0) is 12.3. The Morgan fingerprint density at radius 2 is 2.06 bits per heavy atom. The Bertz CT molecular complexity index is 470. The fourth-order valence-corrected chi connectivity index (χ4v) is 2.31. The molecule has 2 nitrogen and oxygen atoms in total. The van der Waals surface area contributed by atoms with E-state index in [2.05, 4.69) is 55.3 Å². The Morgan fingerprint density at radius 3 is 2.76 bits per heavy atom. The molecule has 1 aromatic heterocycles. The molecule has 2 aromatic rings. The summed E-state index contributed by atoms with van der Waals surface area (Å²) in [7, 11) is 0. The van der Waals surface area contributed by atoms with Crippen molar-refractivity contribution in [3.05, 3.63) is 36.0 Å². The molecule has 0 saturated heterocycles. The highest BCUT2D eigenvalue weighted by Crippen LogP contribution is 2.14. The Balaban J connectivity index is 2.02. The van der Waals surface area contributed by atoms with Gasteiger partial charge in [-0.15, -0.1) is 0 Å². The number of fused-ring (bicyclic) bond motifs is 1. The molecule has 0 fully saturated rings. The van der Waals surface area contributed by atoms with Crippen LogP contribution in [0.1, 0.15) is 32.8 Å². The molecule has 1 aromatic carbocycles. The van der Waals surface area contributed by atoms with Crippen LogP contribution in [0.25, 0.3) is 10.9 Å². The Labute approximate surface area is 103 Å². The molecule has 0 saturated carbocycles. The molecule has 92 valence electrons. The fraction of sp³-hybridized carbons (Fsp3) is 0.467. The average molecular weight is 230 g/mol. The topological polar surface area (TPSA) is 27.8 Å². The maximum Gasteiger partial charge on any atom is 0.0457 e. The number of hydrogen-bond acceptors (Lipinski definition) is 1. The summed E-state index contributed by atoms with van der Waals surface area (Å²) < 4.78 is 0. The van der Waals surface area contributed by atoms with Gasteiger partial charge in [0.05, 0.1) is 0 Å². The average Bonchev–Trinajstić information content (AvgIpc) is 2.76. The van der Waals surface area contributed by atoms with Crippen molar-refractivity contribution in [1.82, 2.24) is 10.3 Å². The summed E-state index contributed by atoms with van der Waals surface area (Å²) in [6.07, 6.45) is 3.17. The molecule has 0 aliphatic rings. The summed E-state index contributed by atoms with van der Waals surface area (Å²) in [5.74, 6) is 0.689. The van der Waals surface area contributed by atoms with Gasteiger partial charge >= 0.3 is 0 Å². The van der Waals surface area contributed by atoms with Gasteiger partial charge in [-0.3, -0.25) is 0 Å². The van der Waals surface area contributed by atoms with E-state index in [1.165, 1.54) is 22.9 Å². The quantitative estimate of drug-likeness (QED) is 0.805. The van der Waals surface area contributed by atoms with Crippen LogP contribution in [0.5, 0.6) is 0 Å². The molecule has 2 heteroatoms. The number of hydrogen-bond donors (Lipinski definition) is 2. The fourth-order valence-electron chi connectivity index (χ4n) is 2.31. The smallest absolute Gasteiger partial charge is 0.0457 e. The van der Waals surface area contributed by atoms with E-state index in [0.717, 1.165) is 6.54 Å². The second-order valence-corrected chi connectivity index (χ2v) is 5.04. The van der Waals surface area contributed by atoms with Gasteiger partial charge in [0.1, 0.15) is 0 Å². The number of benzene rings is 1. The van der Waals surface area contributed by atoms with E-state index in [9.17, 15) is 0 Å². The van der Waals surface area contributed by atoms with Gasteiger partial charge < -0.3 is 10.3 Å². The molecular weight excluding hydrogens is 208 g/mol. The van der Waals surface area contributed by atoms with Gasteiger partial charge in [0.15, 0.2) is 0 Å². The second-order valence-electron chi connectivity index (χ2n) is 5.04. The van der Waals surface area contributed by atoms with Crippen LogP contribution in [0.15, 0.2) is 30.5 Å². The Kier molecular flexibility index (Phi) is 3.85. The highest BCUT2D eigenvalue weighted by Gasteiger charge is 2.09. The number of rotatable bonds is 5. The SMILES string of the molecule is CCC(NCc1ccc2cc[nH]c2c1)C(C)C. The minimum atomic E-state index is 0.606. The van der Waals surface area contributed by atoms with Gasteiger partial charge in [0.2, 0.25) is 0 Å². The zero-order valence-corrected chi connectivity index (χ0v) is 11.0. The normalized spacial score (nSPS) is 13.4. The molecule has 1 unspecified atom stereocenters. The predicted molar refractivity (Wildman–Crippen MR) is 74.1 cm³/mol. The van der Waals surface area contributed by atoms with Crippen LogP contribution < -0.4 is 5.32 Å². The lowest BCUT2D eigenvalue weighted by molar-refractivity contribution is 0.387. The highest BCUT2D eigenvalue weighted by molar-refractivity contribution is 5.79. The van der Waals surface area contributed by atoms with E-state index in [1.807, 2.05) is 6.20 Å². The van der Waals surface area contributed by atoms with E-state index < -0.39 is 0 Å². The van der Waals surface area contributed by atoms with Gasteiger partial charge in [-0.1, -0.05) is 32.9 Å². The first kappa shape index (κ1) is 12.2. The summed E-state index contributed by atoms with van der Waals surface area (Å²) in [4.78, 5) is 3.26. The molecule has 0 spiro atoms. The van der Waals surface area contributed by atoms with Crippen molar-refractivity contribution in [2.24, 2.45) is 5.92 Å². The number of aromatic amines is 1. The van der Waals surface area contributed by atoms with Crippen molar-refractivity contribution < 1.29 is 0 Å². The first-order valence-electron chi connectivity index (χ1n) is 6.50. The minimum absolute atomic E-state index is 0.606. The van der Waals surface area contributed by atoms with Crippen molar-refractivity contribution >= 4 is 10.9 Å². The molecule has 2 N–H and O–H groups in total. The van der Waals surface area contributed by atoms with E-state index in [0.29, 0.717) is 12.0 Å². The van der Waals surface area contributed by atoms with Crippen LogP contribution in [-0.4, -0.2) is 11.0 Å². The third-order valence-corrected chi connectivity index (χ3v) is 3.43. The lowest BCUT2D eigenvalue weighted by Crippen LogP contribution is -2.32. The van der Waals surface area contributed by atoms with Gasteiger partial charge in [0, 0.05) is 24.3 Å². The summed E-state index contributed by atoms with van der Waals surface area (Å²) in [6, 6.07) is 9.33. The van der Waals surface area contributed by atoms with Crippen LogP contribution in [0.2, 0.25) is 0 Å². The third kappa shape index (κ3) is 2.89. The molecule has 0 bridgehead atoms. The molecule has 0 amide bonds. The Morgan fingerprint density at radius 1 is 1.24 bits per heavy atom. The van der Waals surface area contributed by atoms with Crippen LogP contribution in [0.4, 0.5) is 0 Å². The lowest BCUT2D eigenvalue weighted by Gasteiger charge is -2.20. The maximum atomic E-state index is 3.63. The van der Waals surface area contributed by atoms with E-state index in [1.54, 1.807) is 0 Å². The van der Waals surface area contributed by atoms with Crippen LogP contribution in [-0.2, 0) is 6.54 Å². The van der Waals surface area contributed by atoms with Gasteiger partial charge in [-0.05, 0) is 35.4 Å². The Hall–Kier alpha value is -1.28. The molecule has 0 aliphatic carbocycles. The molecule has 2 rings (SSSR count). The molecule has 0 aliphatic heterocycles. The number of aromatic nitrogens is 1. The molecule has 17 heavy (non-hydrogen) atoms. The van der Waals surface area contributed by atoms with Crippen molar-refractivity contribution in [2.45, 2.75) is 39.8 Å². The summed E-state index contributed by atoms with van der Waals surface area (Å²) in [5.41, 5.74) is 2.57. The van der Waals surface area contributed by atoms with E-state index >= 15 is 0 Å². The number of H-pyrrole nitrogens is 1. The van der Waals surface area contributed by atoms with Crippen LogP contribution in [0, 0.1) is 5.92 Å². The van der Waals surface area contributed by atoms with E-state index in [-0.39, 0.29) is 0 Å². The van der Waals surface area contributed by atoms with E-state index in [4.69, 9.17) is 0 Å². The van der Waals surface area contributed by atoms with Crippen molar-refractivity contribution in [1.29, 1.82) is 0 Å². The highest BCUT2D eigenvalue weighted by atomic mass is 14.9. The zero-order valence-electron chi connectivity index (χ0n) is 11.0. The van der Waals surface area contributed by atoms with Crippen molar-refractivity contribution in [3.8, 4) is 0 Å². The maximum absolute atomic E-state index is 3.63. The monoisotopic (exact) mass is 230 g/mol. The first-order chi connectivity index (χ1) is 8.20. The predicted octanol–water partition coefficient (Wildman–Crippen LogP) is 3.69. The largest absolute Gasteiger partial charge is 0.361 e. The van der Waals surface area contributed by atoms with Gasteiger partial charge in [-0.25, -0.2) is 0 Å². The van der Waals surface area contributed by atoms with Crippen molar-refractivity contribution in [2.75, 3.05) is 0 Å². The standard InChI is InChI=1S/C15H22N2/c1-4-14(11(2)3)17-10-12-5-6-13-7-8-16-15(13)9-12/h5-9,11,14,16-17H,4,10H2,1-3H3. The first-order valence-corrected chi connectivity index (χ1v) is 6.50. The number of nitrogens with one attached hydrogen (secondary N) is 2. The lowest BCUT2D eigenvalue weighted by atomic mass is 10.0. The molecule has 1 atom stereocenters. The summed E-state index contributed by atoms with van der Waals surface area (Å²) in [6.45, 7) is 7.74. The third-order valence-electron chi connectivity index (χ3n) is 3.43. The molecule has 1 heterocycles. The van der Waals surface area contributed by atoms with Crippen molar-refractivity contribution in [3.63, 3.8) is 0 Å². The second kappa shape index (κ2) is 5.37. The summed E-state index contributed by atoms with van der Waals surface area (Å²) in [5, 5.41) is 4.91. The molecule has 0 radical (unpaired) electrons. The minimum Gasteiger partial charge on any atom is -0.361 e.